The first-order valence-corrected chi connectivity index (χ1v) is 2.81. The Hall–Kier alpha value is -1.72. The molecule has 0 spiro atoms. The van der Waals surface area contributed by atoms with Gasteiger partial charge in [0.05, 0.1) is 4.92 Å². The van der Waals surface area contributed by atoms with Crippen molar-refractivity contribution in [2.45, 2.75) is 6.92 Å². The highest BCUT2D eigenvalue weighted by Gasteiger charge is 2.19. The van der Waals surface area contributed by atoms with Crippen LogP contribution in [0.5, 0.6) is 0 Å². The second-order valence-electron chi connectivity index (χ2n) is 1.96. The van der Waals surface area contributed by atoms with Gasteiger partial charge < -0.3 is 0 Å². The lowest BCUT2D eigenvalue weighted by Crippen LogP contribution is -1.92. The Bertz CT molecular complexity index is 304. The van der Waals surface area contributed by atoms with Crippen molar-refractivity contribution in [2.24, 2.45) is 0 Å². The summed E-state index contributed by atoms with van der Waals surface area (Å²) >= 11 is 0. The van der Waals surface area contributed by atoms with Gasteiger partial charge in [0.2, 0.25) is 5.69 Å². The predicted octanol–water partition coefficient (Wildman–Crippen LogP) is 0.439. The molecular weight excluding hydrogens is 150 g/mol. The number of nitro groups is 1. The number of hydrogen-bond acceptors (Lipinski definition) is 4. The van der Waals surface area contributed by atoms with Crippen molar-refractivity contribution >= 4 is 12.0 Å². The molecule has 1 rings (SSSR count). The maximum atomic E-state index is 10.2. The van der Waals surface area contributed by atoms with E-state index in [4.69, 9.17) is 0 Å². The number of carbonyl (C=O) groups is 1. The fourth-order valence-electron chi connectivity index (χ4n) is 0.755. The molecule has 0 fully saturated rings. The van der Waals surface area contributed by atoms with E-state index in [2.05, 4.69) is 10.2 Å². The lowest BCUT2D eigenvalue weighted by molar-refractivity contribution is -0.385. The lowest BCUT2D eigenvalue weighted by Gasteiger charge is -1.85. The number of aryl methyl sites for hydroxylation is 1. The summed E-state index contributed by atoms with van der Waals surface area (Å²) in [7, 11) is 0. The van der Waals surface area contributed by atoms with Gasteiger partial charge in [0.25, 0.3) is 0 Å². The molecule has 0 unspecified atom stereocenters. The first-order valence-electron chi connectivity index (χ1n) is 2.81. The van der Waals surface area contributed by atoms with Crippen LogP contribution in [0.4, 0.5) is 5.69 Å². The van der Waals surface area contributed by atoms with Crippen LogP contribution in [-0.4, -0.2) is 21.4 Å². The zero-order chi connectivity index (χ0) is 8.43. The number of aromatic amines is 1. The summed E-state index contributed by atoms with van der Waals surface area (Å²) in [6.07, 6.45) is 0.349. The van der Waals surface area contributed by atoms with Crippen molar-refractivity contribution in [2.75, 3.05) is 0 Å². The van der Waals surface area contributed by atoms with Crippen molar-refractivity contribution in [3.05, 3.63) is 21.5 Å². The SMILES string of the molecule is Cc1[nH]nc(C=O)c1[N+](=O)[O-]. The number of nitrogens with one attached hydrogen (secondary N) is 1. The molecule has 1 aromatic rings. The monoisotopic (exact) mass is 155 g/mol. The van der Waals surface area contributed by atoms with E-state index in [9.17, 15) is 14.9 Å². The molecule has 1 aromatic heterocycles. The lowest BCUT2D eigenvalue weighted by atomic mass is 10.3. The molecule has 0 aliphatic heterocycles. The fourth-order valence-corrected chi connectivity index (χ4v) is 0.755. The summed E-state index contributed by atoms with van der Waals surface area (Å²) in [6.45, 7) is 1.48. The highest BCUT2D eigenvalue weighted by Crippen LogP contribution is 2.17. The molecule has 6 nitrogen and oxygen atoms in total. The Balaban J connectivity index is 3.28. The number of nitrogens with zero attached hydrogens (tertiary/aromatic N) is 2. The van der Waals surface area contributed by atoms with Crippen LogP contribution in [0.15, 0.2) is 0 Å². The molecule has 0 saturated carbocycles. The highest BCUT2D eigenvalue weighted by molar-refractivity contribution is 5.78. The molecule has 0 bridgehead atoms. The molecule has 58 valence electrons. The molecule has 1 N–H and O–H groups in total. The smallest absolute Gasteiger partial charge is 0.296 e. The fraction of sp³-hybridized carbons (Fsp3) is 0.200. The van der Waals surface area contributed by atoms with Gasteiger partial charge in [0.1, 0.15) is 5.69 Å². The van der Waals surface area contributed by atoms with Crippen molar-refractivity contribution in [3.8, 4) is 0 Å². The third-order valence-corrected chi connectivity index (χ3v) is 1.24. The van der Waals surface area contributed by atoms with Crippen LogP contribution in [0, 0.1) is 17.0 Å². The van der Waals surface area contributed by atoms with E-state index >= 15 is 0 Å². The maximum Gasteiger partial charge on any atom is 0.320 e. The molecule has 11 heavy (non-hydrogen) atoms. The number of hydrogen-bond donors (Lipinski definition) is 1. The van der Waals surface area contributed by atoms with Crippen molar-refractivity contribution in [3.63, 3.8) is 0 Å². The van der Waals surface area contributed by atoms with E-state index in [0.717, 1.165) is 0 Å². The third-order valence-electron chi connectivity index (χ3n) is 1.24. The van der Waals surface area contributed by atoms with E-state index in [0.29, 0.717) is 6.29 Å². The van der Waals surface area contributed by atoms with Gasteiger partial charge in [0, 0.05) is 0 Å². The first kappa shape index (κ1) is 7.39. The summed E-state index contributed by atoms with van der Waals surface area (Å²) in [5.74, 6) is 0. The normalized spacial score (nSPS) is 9.55. The predicted molar refractivity (Wildman–Crippen MR) is 35.4 cm³/mol. The first-order chi connectivity index (χ1) is 5.16. The van der Waals surface area contributed by atoms with E-state index in [1.54, 1.807) is 0 Å². The minimum atomic E-state index is -0.636. The van der Waals surface area contributed by atoms with E-state index in [-0.39, 0.29) is 17.1 Å². The number of rotatable bonds is 2. The summed E-state index contributed by atoms with van der Waals surface area (Å²) in [5.41, 5.74) is -0.121. The Labute approximate surface area is 61.4 Å². The molecular formula is C5H5N3O3. The number of aromatic nitrogens is 2. The van der Waals surface area contributed by atoms with Crippen LogP contribution < -0.4 is 0 Å². The van der Waals surface area contributed by atoms with Crippen LogP contribution in [0.25, 0.3) is 0 Å². The van der Waals surface area contributed by atoms with E-state index in [1.165, 1.54) is 6.92 Å². The topological polar surface area (TPSA) is 88.9 Å². The zero-order valence-electron chi connectivity index (χ0n) is 5.70. The van der Waals surface area contributed by atoms with E-state index in [1.807, 2.05) is 0 Å². The van der Waals surface area contributed by atoms with Crippen LogP contribution >= 0.6 is 0 Å². The van der Waals surface area contributed by atoms with Crippen LogP contribution in [0.3, 0.4) is 0 Å². The molecule has 0 amide bonds. The van der Waals surface area contributed by atoms with Gasteiger partial charge in [-0.3, -0.25) is 20.0 Å². The van der Waals surface area contributed by atoms with Crippen molar-refractivity contribution in [1.29, 1.82) is 0 Å². The quantitative estimate of drug-likeness (QED) is 0.381. The molecule has 0 saturated heterocycles. The number of carbonyl (C=O) groups excluding carboxylic acids is 1. The maximum absolute atomic E-state index is 10.2. The van der Waals surface area contributed by atoms with Gasteiger partial charge >= 0.3 is 5.69 Å². The highest BCUT2D eigenvalue weighted by atomic mass is 16.6. The van der Waals surface area contributed by atoms with Crippen LogP contribution in [0.2, 0.25) is 0 Å². The average Bonchev–Trinajstić information content (AvgIpc) is 2.30. The zero-order valence-corrected chi connectivity index (χ0v) is 5.70. The Morgan fingerprint density at radius 1 is 1.73 bits per heavy atom. The molecule has 0 radical (unpaired) electrons. The van der Waals surface area contributed by atoms with Crippen LogP contribution in [0.1, 0.15) is 16.2 Å². The molecule has 1 heterocycles. The Morgan fingerprint density at radius 2 is 2.36 bits per heavy atom. The van der Waals surface area contributed by atoms with Gasteiger partial charge in [-0.25, -0.2) is 0 Å². The second-order valence-corrected chi connectivity index (χ2v) is 1.96. The minimum Gasteiger partial charge on any atom is -0.296 e. The summed E-state index contributed by atoms with van der Waals surface area (Å²) < 4.78 is 0. The van der Waals surface area contributed by atoms with Gasteiger partial charge in [-0.15, -0.1) is 0 Å². The van der Waals surface area contributed by atoms with Gasteiger partial charge in [-0.1, -0.05) is 0 Å². The Morgan fingerprint density at radius 3 is 2.73 bits per heavy atom. The van der Waals surface area contributed by atoms with Gasteiger partial charge in [0.15, 0.2) is 6.29 Å². The average molecular weight is 155 g/mol. The summed E-state index contributed by atoms with van der Waals surface area (Å²) in [5, 5.41) is 16.0. The summed E-state index contributed by atoms with van der Waals surface area (Å²) in [4.78, 5) is 19.8. The molecule has 0 atom stereocenters. The van der Waals surface area contributed by atoms with Gasteiger partial charge in [-0.2, -0.15) is 5.10 Å². The number of H-pyrrole nitrogens is 1. The van der Waals surface area contributed by atoms with Gasteiger partial charge in [-0.05, 0) is 6.92 Å². The molecule has 0 aliphatic rings. The van der Waals surface area contributed by atoms with Crippen molar-refractivity contribution in [1.82, 2.24) is 10.2 Å². The minimum absolute atomic E-state index is 0.160. The largest absolute Gasteiger partial charge is 0.320 e. The molecule has 6 heteroatoms. The molecule has 0 aliphatic carbocycles. The standard InChI is InChI=1S/C5H5N3O3/c1-3-5(8(10)11)4(2-9)7-6-3/h2H,1H3,(H,6,7). The number of aldehydes is 1. The third kappa shape index (κ3) is 1.09. The van der Waals surface area contributed by atoms with E-state index < -0.39 is 4.92 Å². The Kier molecular flexibility index (Phi) is 1.67. The van der Waals surface area contributed by atoms with Crippen LogP contribution in [-0.2, 0) is 0 Å². The molecule has 0 aromatic carbocycles. The van der Waals surface area contributed by atoms with Crippen molar-refractivity contribution < 1.29 is 9.72 Å². The summed E-state index contributed by atoms with van der Waals surface area (Å²) in [6, 6.07) is 0. The second kappa shape index (κ2) is 2.49.